The Morgan fingerprint density at radius 3 is 2.40 bits per heavy atom. The molecule has 1 aliphatic heterocycles. The van der Waals surface area contributed by atoms with Crippen molar-refractivity contribution in [2.45, 2.75) is 45.8 Å². The first-order valence-corrected chi connectivity index (χ1v) is 9.86. The zero-order valence-corrected chi connectivity index (χ0v) is 17.9. The minimum absolute atomic E-state index is 0.0604. The van der Waals surface area contributed by atoms with Gasteiger partial charge in [-0.3, -0.25) is 4.79 Å². The minimum atomic E-state index is -0.495. The lowest BCUT2D eigenvalue weighted by molar-refractivity contribution is -0.109. The molecule has 0 aliphatic carbocycles. The first kappa shape index (κ1) is 20.6. The van der Waals surface area contributed by atoms with E-state index in [4.69, 9.17) is 14.0 Å². The summed E-state index contributed by atoms with van der Waals surface area (Å²) in [5.41, 5.74) is 0.960. The van der Waals surface area contributed by atoms with Crippen molar-refractivity contribution in [3.05, 3.63) is 33.7 Å². The maximum Gasteiger partial charge on any atom is 0.491 e. The lowest BCUT2D eigenvalue weighted by Crippen LogP contribution is -2.41. The topological polar surface area (TPSA) is 44.8 Å². The SMILES string of the molecule is COc1cc(Br)ccc1C=C(CSC(C)=O)B1OC(C)(C)C(C)(C)O1. The van der Waals surface area contributed by atoms with Crippen LogP contribution in [0.2, 0.25) is 0 Å². The van der Waals surface area contributed by atoms with E-state index < -0.39 is 18.3 Å². The molecule has 0 bridgehead atoms. The van der Waals surface area contributed by atoms with Crippen LogP contribution in [0.25, 0.3) is 6.08 Å². The standard InChI is InChI=1S/C18H24BBrO4S/c1-12(21)25-11-14(19-23-17(2,3)18(4,5)24-19)9-13-7-8-15(20)10-16(13)22-6/h7-10H,11H2,1-6H3. The minimum Gasteiger partial charge on any atom is -0.496 e. The molecule has 1 aromatic rings. The molecule has 1 heterocycles. The summed E-state index contributed by atoms with van der Waals surface area (Å²) in [7, 11) is 1.14. The fraction of sp³-hybridized carbons (Fsp3) is 0.500. The average molecular weight is 427 g/mol. The third-order valence-corrected chi connectivity index (χ3v) is 5.91. The number of benzene rings is 1. The Labute approximate surface area is 163 Å². The zero-order valence-electron chi connectivity index (χ0n) is 15.5. The van der Waals surface area contributed by atoms with Gasteiger partial charge in [-0.15, -0.1) is 0 Å². The largest absolute Gasteiger partial charge is 0.496 e. The Balaban J connectivity index is 2.38. The number of carbonyl (C=O) groups is 1. The Kier molecular flexibility index (Phi) is 6.47. The first-order valence-electron chi connectivity index (χ1n) is 8.09. The van der Waals surface area contributed by atoms with Gasteiger partial charge in [0.2, 0.25) is 0 Å². The van der Waals surface area contributed by atoms with E-state index in [1.807, 2.05) is 52.0 Å². The van der Waals surface area contributed by atoms with Crippen molar-refractivity contribution < 1.29 is 18.8 Å². The molecule has 0 radical (unpaired) electrons. The van der Waals surface area contributed by atoms with Gasteiger partial charge in [0.15, 0.2) is 5.12 Å². The van der Waals surface area contributed by atoms with Crippen LogP contribution in [0.3, 0.4) is 0 Å². The summed E-state index contributed by atoms with van der Waals surface area (Å²) < 4.78 is 18.7. The second kappa shape index (κ2) is 7.86. The van der Waals surface area contributed by atoms with Gasteiger partial charge >= 0.3 is 7.12 Å². The van der Waals surface area contributed by atoms with Crippen LogP contribution in [0.5, 0.6) is 5.75 Å². The molecule has 0 saturated carbocycles. The highest BCUT2D eigenvalue weighted by molar-refractivity contribution is 9.10. The number of hydrogen-bond donors (Lipinski definition) is 0. The molecule has 0 amide bonds. The van der Waals surface area contributed by atoms with Crippen molar-refractivity contribution in [3.8, 4) is 5.75 Å². The molecular weight excluding hydrogens is 403 g/mol. The van der Waals surface area contributed by atoms with Crippen molar-refractivity contribution in [1.82, 2.24) is 0 Å². The Morgan fingerprint density at radius 2 is 1.88 bits per heavy atom. The van der Waals surface area contributed by atoms with Crippen molar-refractivity contribution in [1.29, 1.82) is 0 Å². The molecule has 2 rings (SSSR count). The van der Waals surface area contributed by atoms with E-state index in [2.05, 4.69) is 15.9 Å². The van der Waals surface area contributed by atoms with Crippen LogP contribution in [0.1, 0.15) is 40.2 Å². The molecule has 0 spiro atoms. The molecule has 7 heteroatoms. The summed E-state index contributed by atoms with van der Waals surface area (Å²) in [6, 6.07) is 5.83. The highest BCUT2D eigenvalue weighted by Crippen LogP contribution is 2.40. The number of halogens is 1. The highest BCUT2D eigenvalue weighted by Gasteiger charge is 2.52. The fourth-order valence-corrected chi connectivity index (χ4v) is 3.29. The van der Waals surface area contributed by atoms with Crippen LogP contribution in [0, 0.1) is 0 Å². The van der Waals surface area contributed by atoms with Crippen molar-refractivity contribution >= 4 is 46.0 Å². The van der Waals surface area contributed by atoms with Gasteiger partial charge in [0, 0.05) is 22.7 Å². The molecule has 1 fully saturated rings. The highest BCUT2D eigenvalue weighted by atomic mass is 79.9. The zero-order chi connectivity index (χ0) is 18.8. The predicted octanol–water partition coefficient (Wildman–Crippen LogP) is 4.75. The van der Waals surface area contributed by atoms with Gasteiger partial charge in [0.25, 0.3) is 0 Å². The van der Waals surface area contributed by atoms with E-state index in [9.17, 15) is 4.79 Å². The number of methoxy groups -OCH3 is 1. The third-order valence-electron chi connectivity index (χ3n) is 4.53. The molecule has 1 saturated heterocycles. The van der Waals surface area contributed by atoms with Crippen LogP contribution in [-0.4, -0.2) is 36.3 Å². The third kappa shape index (κ3) is 4.91. The number of thioether (sulfide) groups is 1. The van der Waals surface area contributed by atoms with E-state index in [1.54, 1.807) is 14.0 Å². The van der Waals surface area contributed by atoms with E-state index >= 15 is 0 Å². The molecule has 0 atom stereocenters. The monoisotopic (exact) mass is 426 g/mol. The van der Waals surface area contributed by atoms with Crippen molar-refractivity contribution in [3.63, 3.8) is 0 Å². The summed E-state index contributed by atoms with van der Waals surface area (Å²) in [4.78, 5) is 11.5. The fourth-order valence-electron chi connectivity index (χ4n) is 2.36. The lowest BCUT2D eigenvalue weighted by atomic mass is 9.78. The number of hydrogen-bond acceptors (Lipinski definition) is 5. The number of ether oxygens (including phenoxy) is 1. The summed E-state index contributed by atoms with van der Waals surface area (Å²) in [6.45, 7) is 9.63. The van der Waals surface area contributed by atoms with E-state index in [0.717, 1.165) is 21.3 Å². The van der Waals surface area contributed by atoms with E-state index in [0.29, 0.717) is 5.75 Å². The van der Waals surface area contributed by atoms with Crippen LogP contribution in [0.15, 0.2) is 28.1 Å². The average Bonchev–Trinajstić information content (AvgIpc) is 2.72. The van der Waals surface area contributed by atoms with E-state index in [-0.39, 0.29) is 5.12 Å². The number of carbonyl (C=O) groups excluding carboxylic acids is 1. The van der Waals surface area contributed by atoms with E-state index in [1.165, 1.54) is 11.8 Å². The van der Waals surface area contributed by atoms with Crippen molar-refractivity contribution in [2.24, 2.45) is 0 Å². The molecule has 1 aromatic carbocycles. The first-order chi connectivity index (χ1) is 11.6. The van der Waals surface area contributed by atoms with Gasteiger partial charge in [-0.25, -0.2) is 0 Å². The molecule has 0 aromatic heterocycles. The molecule has 0 unspecified atom stereocenters. The molecule has 136 valence electrons. The Bertz CT molecular complexity index is 672. The Hall–Kier alpha value is -0.755. The van der Waals surface area contributed by atoms with Crippen LogP contribution in [-0.2, 0) is 14.1 Å². The van der Waals surface area contributed by atoms with Crippen LogP contribution in [0.4, 0.5) is 0 Å². The summed E-state index contributed by atoms with van der Waals surface area (Å²) in [6.07, 6.45) is 1.99. The summed E-state index contributed by atoms with van der Waals surface area (Å²) in [5, 5.41) is 0.0604. The summed E-state index contributed by atoms with van der Waals surface area (Å²) >= 11 is 4.70. The van der Waals surface area contributed by atoms with Crippen molar-refractivity contribution in [2.75, 3.05) is 12.9 Å². The maximum atomic E-state index is 11.5. The smallest absolute Gasteiger partial charge is 0.491 e. The second-order valence-electron chi connectivity index (χ2n) is 6.97. The molecule has 25 heavy (non-hydrogen) atoms. The quantitative estimate of drug-likeness (QED) is 0.635. The van der Waals surface area contributed by atoms with Crippen LogP contribution < -0.4 is 4.74 Å². The number of rotatable bonds is 5. The van der Waals surface area contributed by atoms with Gasteiger partial charge in [0.05, 0.1) is 18.3 Å². The van der Waals surface area contributed by atoms with Crippen LogP contribution >= 0.6 is 27.7 Å². The lowest BCUT2D eigenvalue weighted by Gasteiger charge is -2.32. The van der Waals surface area contributed by atoms with Gasteiger partial charge < -0.3 is 14.0 Å². The van der Waals surface area contributed by atoms with Gasteiger partial charge in [-0.05, 0) is 45.3 Å². The second-order valence-corrected chi connectivity index (χ2v) is 9.04. The molecule has 4 nitrogen and oxygen atoms in total. The summed E-state index contributed by atoms with van der Waals surface area (Å²) in [5.74, 6) is 1.25. The maximum absolute atomic E-state index is 11.5. The molecule has 0 N–H and O–H groups in total. The van der Waals surface area contributed by atoms with Gasteiger partial charge in [-0.2, -0.15) is 0 Å². The molecule has 1 aliphatic rings. The Morgan fingerprint density at radius 1 is 1.28 bits per heavy atom. The molecular formula is C18H24BBrO4S. The normalized spacial score (nSPS) is 19.2. The van der Waals surface area contributed by atoms with Gasteiger partial charge in [0.1, 0.15) is 5.75 Å². The van der Waals surface area contributed by atoms with Gasteiger partial charge in [-0.1, -0.05) is 39.8 Å². The predicted molar refractivity (Wildman–Crippen MR) is 108 cm³/mol.